The van der Waals surface area contributed by atoms with Gasteiger partial charge >= 0.3 is 12.1 Å². The predicted octanol–water partition coefficient (Wildman–Crippen LogP) is 3.14. The van der Waals surface area contributed by atoms with Gasteiger partial charge < -0.3 is 0 Å². The molecule has 1 amide bonds. The van der Waals surface area contributed by atoms with Crippen LogP contribution in [0.15, 0.2) is 48.7 Å². The van der Waals surface area contributed by atoms with Crippen LogP contribution in [0.2, 0.25) is 0 Å². The van der Waals surface area contributed by atoms with Gasteiger partial charge in [-0.25, -0.2) is 15.8 Å². The van der Waals surface area contributed by atoms with Gasteiger partial charge in [0, 0.05) is 22.9 Å². The zero-order valence-corrected chi connectivity index (χ0v) is 14.1. The Morgan fingerprint density at radius 2 is 1.63 bits per heavy atom. The normalized spacial score (nSPS) is 11.3. The molecule has 0 aliphatic carbocycles. The number of carbonyl (C=O) groups is 1. The zero-order chi connectivity index (χ0) is 19.6. The molecule has 3 N–H and O–H groups in total. The van der Waals surface area contributed by atoms with Crippen LogP contribution in [0.25, 0.3) is 22.5 Å². The second-order valence-electron chi connectivity index (χ2n) is 5.64. The molecule has 9 heteroatoms. The fraction of sp³-hybridized carbons (Fsp3) is 0.111. The van der Waals surface area contributed by atoms with Crippen LogP contribution in [0.1, 0.15) is 21.9 Å². The maximum Gasteiger partial charge on any atom is 0.433 e. The second-order valence-corrected chi connectivity index (χ2v) is 5.64. The summed E-state index contributed by atoms with van der Waals surface area (Å²) in [7, 11) is 0. The average molecular weight is 373 g/mol. The summed E-state index contributed by atoms with van der Waals surface area (Å²) >= 11 is 0. The van der Waals surface area contributed by atoms with E-state index in [0.717, 1.165) is 17.8 Å². The lowest BCUT2D eigenvalue weighted by atomic mass is 10.0. The average Bonchev–Trinajstić information content (AvgIpc) is 2.67. The first-order valence-corrected chi connectivity index (χ1v) is 7.80. The summed E-state index contributed by atoms with van der Waals surface area (Å²) in [4.78, 5) is 23.8. The van der Waals surface area contributed by atoms with E-state index in [-0.39, 0.29) is 5.82 Å². The van der Waals surface area contributed by atoms with Crippen LogP contribution in [-0.4, -0.2) is 20.9 Å². The second kappa shape index (κ2) is 7.12. The third kappa shape index (κ3) is 3.77. The molecule has 6 nitrogen and oxygen atoms in total. The van der Waals surface area contributed by atoms with Gasteiger partial charge in [0.15, 0.2) is 0 Å². The van der Waals surface area contributed by atoms with E-state index in [0.29, 0.717) is 22.5 Å². The molecule has 27 heavy (non-hydrogen) atoms. The van der Waals surface area contributed by atoms with E-state index in [1.807, 2.05) is 11.5 Å². The van der Waals surface area contributed by atoms with Crippen molar-refractivity contribution in [2.75, 3.05) is 0 Å². The van der Waals surface area contributed by atoms with E-state index < -0.39 is 17.8 Å². The molecular formula is C18H14F3N5O. The number of nitrogen functional groups attached to an aromatic ring is 1. The summed E-state index contributed by atoms with van der Waals surface area (Å²) < 4.78 is 38.2. The van der Waals surface area contributed by atoms with Crippen LogP contribution in [0.5, 0.6) is 0 Å². The van der Waals surface area contributed by atoms with Gasteiger partial charge in [-0.15, -0.1) is 0 Å². The molecular weight excluding hydrogens is 359 g/mol. The summed E-state index contributed by atoms with van der Waals surface area (Å²) in [6.07, 6.45) is -3.48. The minimum Gasteiger partial charge on any atom is -0.287 e. The number of amides is 1. The number of pyridine rings is 1. The van der Waals surface area contributed by atoms with Crippen molar-refractivity contribution < 1.29 is 18.0 Å². The molecule has 3 rings (SSSR count). The molecule has 1 aromatic carbocycles. The summed E-state index contributed by atoms with van der Waals surface area (Å²) in [6.45, 7) is 1.72. The van der Waals surface area contributed by atoms with Crippen LogP contribution in [-0.2, 0) is 6.18 Å². The van der Waals surface area contributed by atoms with Crippen LogP contribution in [0, 0.1) is 6.92 Å². The van der Waals surface area contributed by atoms with E-state index in [4.69, 9.17) is 5.84 Å². The molecule has 0 unspecified atom stereocenters. The van der Waals surface area contributed by atoms with E-state index in [9.17, 15) is 18.0 Å². The van der Waals surface area contributed by atoms with Crippen molar-refractivity contribution in [3.8, 4) is 22.5 Å². The van der Waals surface area contributed by atoms with Gasteiger partial charge in [0.1, 0.15) is 5.69 Å². The van der Waals surface area contributed by atoms with E-state index >= 15 is 0 Å². The summed E-state index contributed by atoms with van der Waals surface area (Å²) in [5, 5.41) is 0. The highest BCUT2D eigenvalue weighted by atomic mass is 19.4. The van der Waals surface area contributed by atoms with Crippen molar-refractivity contribution in [1.82, 2.24) is 20.4 Å². The Kier molecular flexibility index (Phi) is 4.87. The van der Waals surface area contributed by atoms with E-state index in [2.05, 4.69) is 15.0 Å². The van der Waals surface area contributed by atoms with Gasteiger partial charge in [0.2, 0.25) is 5.82 Å². The first-order valence-electron chi connectivity index (χ1n) is 7.80. The number of carbonyl (C=O) groups excluding carboxylic acids is 1. The third-order valence-electron chi connectivity index (χ3n) is 3.85. The number of benzene rings is 1. The molecule has 0 aliphatic heterocycles. The molecule has 0 bridgehead atoms. The summed E-state index contributed by atoms with van der Waals surface area (Å²) in [6, 6.07) is 11.2. The Bertz CT molecular complexity index is 973. The molecule has 2 aromatic heterocycles. The Balaban J connectivity index is 2.18. The van der Waals surface area contributed by atoms with Gasteiger partial charge in [-0.2, -0.15) is 13.2 Å². The number of hydrogen-bond acceptors (Lipinski definition) is 5. The fourth-order valence-corrected chi connectivity index (χ4v) is 2.54. The van der Waals surface area contributed by atoms with Crippen LogP contribution >= 0.6 is 0 Å². The number of nitrogens with one attached hydrogen (secondary N) is 1. The molecule has 0 saturated carbocycles. The Labute approximate surface area is 152 Å². The number of nitrogens with zero attached hydrogens (tertiary/aromatic N) is 3. The first-order chi connectivity index (χ1) is 12.8. The van der Waals surface area contributed by atoms with Gasteiger partial charge in [0.25, 0.3) is 0 Å². The SMILES string of the molecule is Cc1c(-c2ccccc2)nc(C(=O)NN)nc1-c1ccc(C(F)(F)F)nc1. The maximum absolute atomic E-state index is 12.7. The van der Waals surface area contributed by atoms with Crippen molar-refractivity contribution in [2.24, 2.45) is 5.84 Å². The van der Waals surface area contributed by atoms with E-state index in [1.165, 1.54) is 6.07 Å². The van der Waals surface area contributed by atoms with Crippen LogP contribution < -0.4 is 11.3 Å². The van der Waals surface area contributed by atoms with Gasteiger partial charge in [-0.1, -0.05) is 30.3 Å². The van der Waals surface area contributed by atoms with Crippen molar-refractivity contribution in [3.05, 3.63) is 65.7 Å². The highest BCUT2D eigenvalue weighted by Gasteiger charge is 2.32. The van der Waals surface area contributed by atoms with Crippen LogP contribution in [0.3, 0.4) is 0 Å². The van der Waals surface area contributed by atoms with Gasteiger partial charge in [-0.3, -0.25) is 15.2 Å². The third-order valence-corrected chi connectivity index (χ3v) is 3.85. The Hall–Kier alpha value is -3.33. The topological polar surface area (TPSA) is 93.8 Å². The number of halogens is 3. The highest BCUT2D eigenvalue weighted by molar-refractivity contribution is 5.91. The quantitative estimate of drug-likeness (QED) is 0.418. The maximum atomic E-state index is 12.7. The molecule has 0 radical (unpaired) electrons. The van der Waals surface area contributed by atoms with Crippen molar-refractivity contribution >= 4 is 5.91 Å². The van der Waals surface area contributed by atoms with E-state index in [1.54, 1.807) is 31.2 Å². The smallest absolute Gasteiger partial charge is 0.287 e. The predicted molar refractivity (Wildman–Crippen MR) is 92.1 cm³/mol. The largest absolute Gasteiger partial charge is 0.433 e. The fourth-order valence-electron chi connectivity index (χ4n) is 2.54. The molecule has 3 aromatic rings. The number of aromatic nitrogens is 3. The molecule has 0 spiro atoms. The Morgan fingerprint density at radius 3 is 2.15 bits per heavy atom. The van der Waals surface area contributed by atoms with Crippen molar-refractivity contribution in [2.45, 2.75) is 13.1 Å². The molecule has 138 valence electrons. The Morgan fingerprint density at radius 1 is 1.00 bits per heavy atom. The number of rotatable bonds is 3. The zero-order valence-electron chi connectivity index (χ0n) is 14.1. The number of hydrogen-bond donors (Lipinski definition) is 2. The molecule has 0 fully saturated rings. The number of alkyl halides is 3. The van der Waals surface area contributed by atoms with Crippen molar-refractivity contribution in [1.29, 1.82) is 0 Å². The highest BCUT2D eigenvalue weighted by Crippen LogP contribution is 2.31. The standard InChI is InChI=1S/C18H14F3N5O/c1-10-14(11-5-3-2-4-6-11)24-16(17(27)26-22)25-15(10)12-7-8-13(23-9-12)18(19,20)21/h2-9H,22H2,1H3,(H,26,27). The molecule has 0 saturated heterocycles. The lowest BCUT2D eigenvalue weighted by Gasteiger charge is -2.13. The molecule has 0 atom stereocenters. The number of nitrogens with two attached hydrogens (primary N) is 1. The number of hydrazine groups is 1. The lowest BCUT2D eigenvalue weighted by molar-refractivity contribution is -0.141. The first kappa shape index (κ1) is 18.5. The van der Waals surface area contributed by atoms with Crippen molar-refractivity contribution in [3.63, 3.8) is 0 Å². The molecule has 0 aliphatic rings. The molecule has 2 heterocycles. The van der Waals surface area contributed by atoms with Gasteiger partial charge in [0.05, 0.1) is 11.4 Å². The monoisotopic (exact) mass is 373 g/mol. The summed E-state index contributed by atoms with van der Waals surface area (Å²) in [5.41, 5.74) is 3.36. The lowest BCUT2D eigenvalue weighted by Crippen LogP contribution is -2.32. The van der Waals surface area contributed by atoms with Gasteiger partial charge in [-0.05, 0) is 19.1 Å². The minimum absolute atomic E-state index is 0.197. The summed E-state index contributed by atoms with van der Waals surface area (Å²) in [5.74, 6) is 4.26. The minimum atomic E-state index is -4.54. The van der Waals surface area contributed by atoms with Crippen LogP contribution in [0.4, 0.5) is 13.2 Å².